The Bertz CT molecular complexity index is 927. The van der Waals surface area contributed by atoms with Gasteiger partial charge in [0.05, 0.1) is 24.8 Å². The van der Waals surface area contributed by atoms with Crippen LogP contribution in [0.3, 0.4) is 0 Å². The summed E-state index contributed by atoms with van der Waals surface area (Å²) in [6.07, 6.45) is 1.80. The van der Waals surface area contributed by atoms with E-state index in [1.54, 1.807) is 37.3 Å². The second kappa shape index (κ2) is 8.50. The lowest BCUT2D eigenvalue weighted by molar-refractivity contribution is -0.122. The fraction of sp³-hybridized carbons (Fsp3) is 0.200. The van der Waals surface area contributed by atoms with Crippen LogP contribution < -0.4 is 9.47 Å². The highest BCUT2D eigenvalue weighted by Gasteiger charge is 2.32. The summed E-state index contributed by atoms with van der Waals surface area (Å²) in [5.74, 6) is 1.11. The van der Waals surface area contributed by atoms with Crippen LogP contribution in [0.15, 0.2) is 52.4 Å². The van der Waals surface area contributed by atoms with E-state index < -0.39 is 0 Å². The number of amidine groups is 1. The molecule has 1 saturated heterocycles. The minimum Gasteiger partial charge on any atom is -0.493 e. The molecular weight excluding hydrogens is 384 g/mol. The second-order valence-corrected chi connectivity index (χ2v) is 7.06. The van der Waals surface area contributed by atoms with E-state index in [0.29, 0.717) is 38.8 Å². The summed E-state index contributed by atoms with van der Waals surface area (Å²) in [6.45, 7) is 2.44. The Morgan fingerprint density at radius 3 is 2.63 bits per heavy atom. The van der Waals surface area contributed by atoms with Crippen LogP contribution in [0.25, 0.3) is 6.08 Å². The molecule has 2 aromatic rings. The molecule has 1 aliphatic heterocycles. The van der Waals surface area contributed by atoms with Crippen molar-refractivity contribution in [3.63, 3.8) is 0 Å². The first-order valence-corrected chi connectivity index (χ1v) is 9.53. The predicted octanol–water partition coefficient (Wildman–Crippen LogP) is 4.98. The molecule has 5 nitrogen and oxygen atoms in total. The van der Waals surface area contributed by atoms with Crippen molar-refractivity contribution < 1.29 is 14.3 Å². The van der Waals surface area contributed by atoms with Gasteiger partial charge in [0.2, 0.25) is 0 Å². The van der Waals surface area contributed by atoms with E-state index in [1.165, 1.54) is 11.8 Å². The van der Waals surface area contributed by atoms with Gasteiger partial charge in [0, 0.05) is 17.1 Å². The first-order chi connectivity index (χ1) is 13.1. The minimum absolute atomic E-state index is 0.0897. The molecule has 1 aliphatic rings. The largest absolute Gasteiger partial charge is 0.493 e. The number of benzene rings is 2. The number of para-hydroxylation sites is 1. The summed E-state index contributed by atoms with van der Waals surface area (Å²) in [5, 5.41) is 1.23. The van der Waals surface area contributed by atoms with Gasteiger partial charge in [0.25, 0.3) is 5.91 Å². The van der Waals surface area contributed by atoms with Gasteiger partial charge >= 0.3 is 0 Å². The standard InChI is InChI=1S/C20H19ClN2O3S/c1-4-23-19(24)17(11-13-7-5-10-16(25-2)18(13)26-3)27-20(23)22-15-9-6-8-14(21)12-15/h5-12H,4H2,1-3H3/b17-11+,22-20?. The fourth-order valence-corrected chi connectivity index (χ4v) is 3.93. The van der Waals surface area contributed by atoms with Crippen molar-refractivity contribution >= 4 is 46.2 Å². The highest BCUT2D eigenvalue weighted by Crippen LogP contribution is 2.38. The Morgan fingerprint density at radius 2 is 1.96 bits per heavy atom. The number of rotatable bonds is 5. The number of carbonyl (C=O) groups is 1. The number of carbonyl (C=O) groups excluding carboxylic acids is 1. The third-order valence-corrected chi connectivity index (χ3v) is 5.20. The number of ether oxygens (including phenoxy) is 2. The molecule has 0 saturated carbocycles. The zero-order chi connectivity index (χ0) is 19.4. The Balaban J connectivity index is 1.99. The van der Waals surface area contributed by atoms with E-state index >= 15 is 0 Å². The number of aliphatic imine (C=N–C) groups is 1. The normalized spacial score (nSPS) is 17.0. The zero-order valence-electron chi connectivity index (χ0n) is 15.2. The Hall–Kier alpha value is -2.44. The Morgan fingerprint density at radius 1 is 1.19 bits per heavy atom. The van der Waals surface area contributed by atoms with Crippen molar-refractivity contribution in [1.29, 1.82) is 0 Å². The van der Waals surface area contributed by atoms with Crippen LogP contribution in [0.1, 0.15) is 12.5 Å². The first-order valence-electron chi connectivity index (χ1n) is 8.34. The molecular formula is C20H19ClN2O3S. The quantitative estimate of drug-likeness (QED) is 0.662. The molecule has 140 valence electrons. The number of likely N-dealkylation sites (N-methyl/N-ethyl adjacent to an activating group) is 1. The predicted molar refractivity (Wildman–Crippen MR) is 111 cm³/mol. The van der Waals surface area contributed by atoms with Gasteiger partial charge in [-0.3, -0.25) is 9.69 Å². The average molecular weight is 403 g/mol. The van der Waals surface area contributed by atoms with Gasteiger partial charge in [-0.1, -0.05) is 29.8 Å². The number of nitrogens with zero attached hydrogens (tertiary/aromatic N) is 2. The van der Waals surface area contributed by atoms with Gasteiger partial charge in [-0.05, 0) is 49.0 Å². The minimum atomic E-state index is -0.0897. The fourth-order valence-electron chi connectivity index (χ4n) is 2.69. The van der Waals surface area contributed by atoms with Crippen molar-refractivity contribution in [3.05, 3.63) is 58.0 Å². The first kappa shape index (κ1) is 19.3. The van der Waals surface area contributed by atoms with Gasteiger partial charge in [-0.2, -0.15) is 0 Å². The number of halogens is 1. The summed E-state index contributed by atoms with van der Waals surface area (Å²) in [4.78, 5) is 19.6. The van der Waals surface area contributed by atoms with Crippen molar-refractivity contribution in [1.82, 2.24) is 4.90 Å². The molecule has 1 amide bonds. The summed E-state index contributed by atoms with van der Waals surface area (Å²) in [5.41, 5.74) is 1.48. The van der Waals surface area contributed by atoms with Gasteiger partial charge < -0.3 is 9.47 Å². The molecule has 0 radical (unpaired) electrons. The number of methoxy groups -OCH3 is 2. The van der Waals surface area contributed by atoms with Crippen LogP contribution in [0, 0.1) is 0 Å². The Kier molecular flexibility index (Phi) is 6.08. The smallest absolute Gasteiger partial charge is 0.266 e. The summed E-state index contributed by atoms with van der Waals surface area (Å²) in [6, 6.07) is 12.8. The van der Waals surface area contributed by atoms with E-state index in [-0.39, 0.29) is 5.91 Å². The summed E-state index contributed by atoms with van der Waals surface area (Å²) in [7, 11) is 3.16. The maximum atomic E-state index is 12.8. The summed E-state index contributed by atoms with van der Waals surface area (Å²) < 4.78 is 10.8. The van der Waals surface area contributed by atoms with Gasteiger partial charge in [0.15, 0.2) is 16.7 Å². The summed E-state index contributed by atoms with van der Waals surface area (Å²) >= 11 is 7.36. The van der Waals surface area contributed by atoms with E-state index in [4.69, 9.17) is 21.1 Å². The third-order valence-electron chi connectivity index (χ3n) is 3.96. The van der Waals surface area contributed by atoms with Crippen LogP contribution >= 0.6 is 23.4 Å². The zero-order valence-corrected chi connectivity index (χ0v) is 16.8. The van der Waals surface area contributed by atoms with Crippen LogP contribution in [0.2, 0.25) is 5.02 Å². The molecule has 0 N–H and O–H groups in total. The molecule has 0 aromatic heterocycles. The monoisotopic (exact) mass is 402 g/mol. The maximum Gasteiger partial charge on any atom is 0.266 e. The van der Waals surface area contributed by atoms with Gasteiger partial charge in [-0.25, -0.2) is 4.99 Å². The van der Waals surface area contributed by atoms with Crippen LogP contribution in [-0.2, 0) is 4.79 Å². The molecule has 1 heterocycles. The van der Waals surface area contributed by atoms with Crippen LogP contribution in [0.4, 0.5) is 5.69 Å². The highest BCUT2D eigenvalue weighted by atomic mass is 35.5. The van der Waals surface area contributed by atoms with Crippen molar-refractivity contribution in [2.45, 2.75) is 6.92 Å². The SMILES string of the molecule is CCN1C(=O)/C(=C\c2cccc(OC)c2OC)SC1=Nc1cccc(Cl)c1. The molecule has 3 rings (SSSR count). The Labute approximate surface area is 167 Å². The molecule has 0 spiro atoms. The average Bonchev–Trinajstić information content (AvgIpc) is 2.95. The maximum absolute atomic E-state index is 12.8. The molecule has 0 atom stereocenters. The molecule has 2 aromatic carbocycles. The van der Waals surface area contributed by atoms with E-state index in [2.05, 4.69) is 4.99 Å². The van der Waals surface area contributed by atoms with Gasteiger partial charge in [0.1, 0.15) is 0 Å². The van der Waals surface area contributed by atoms with E-state index in [9.17, 15) is 4.79 Å². The van der Waals surface area contributed by atoms with Crippen LogP contribution in [-0.4, -0.2) is 36.7 Å². The number of hydrogen-bond donors (Lipinski definition) is 0. The molecule has 0 unspecified atom stereocenters. The highest BCUT2D eigenvalue weighted by molar-refractivity contribution is 8.18. The topological polar surface area (TPSA) is 51.1 Å². The van der Waals surface area contributed by atoms with Crippen molar-refractivity contribution in [2.75, 3.05) is 20.8 Å². The number of thioether (sulfide) groups is 1. The lowest BCUT2D eigenvalue weighted by atomic mass is 10.1. The lowest BCUT2D eigenvalue weighted by Gasteiger charge is -2.12. The van der Waals surface area contributed by atoms with Crippen molar-refractivity contribution in [2.24, 2.45) is 4.99 Å². The number of amides is 1. The molecule has 0 aliphatic carbocycles. The van der Waals surface area contributed by atoms with E-state index in [1.807, 2.05) is 37.3 Å². The molecule has 7 heteroatoms. The number of hydrogen-bond acceptors (Lipinski definition) is 5. The van der Waals surface area contributed by atoms with Crippen molar-refractivity contribution in [3.8, 4) is 11.5 Å². The van der Waals surface area contributed by atoms with Gasteiger partial charge in [-0.15, -0.1) is 0 Å². The lowest BCUT2D eigenvalue weighted by Crippen LogP contribution is -2.28. The van der Waals surface area contributed by atoms with E-state index in [0.717, 1.165) is 5.56 Å². The van der Waals surface area contributed by atoms with Crippen LogP contribution in [0.5, 0.6) is 11.5 Å². The third kappa shape index (κ3) is 4.12. The molecule has 27 heavy (non-hydrogen) atoms. The second-order valence-electron chi connectivity index (χ2n) is 5.62. The molecule has 1 fully saturated rings. The molecule has 0 bridgehead atoms.